The van der Waals surface area contributed by atoms with Gasteiger partial charge in [0, 0.05) is 11.6 Å². The number of ether oxygens (including phenoxy) is 3. The van der Waals surface area contributed by atoms with Gasteiger partial charge < -0.3 is 19.5 Å². The summed E-state index contributed by atoms with van der Waals surface area (Å²) in [6.45, 7) is 0.310. The van der Waals surface area contributed by atoms with Crippen molar-refractivity contribution in [3.8, 4) is 11.5 Å². The highest BCUT2D eigenvalue weighted by Crippen LogP contribution is 2.28. The topological polar surface area (TPSA) is 73.9 Å². The number of hydrogen-bond donors (Lipinski definition) is 1. The Hall–Kier alpha value is -2.73. The number of methoxy groups -OCH3 is 2. The quantitative estimate of drug-likeness (QED) is 0.716. The Bertz CT molecular complexity index is 778. The molecular weight excluding hydrogens is 358 g/mol. The van der Waals surface area contributed by atoms with Crippen LogP contribution in [0.1, 0.15) is 15.9 Å². The molecular formula is C19H20ClNO5. The number of nitrogens with one attached hydrogen (secondary N) is 1. The van der Waals surface area contributed by atoms with Crippen molar-refractivity contribution >= 4 is 23.5 Å². The molecule has 2 rings (SSSR count). The van der Waals surface area contributed by atoms with Crippen molar-refractivity contribution in [2.45, 2.75) is 6.42 Å². The molecule has 0 unspecified atom stereocenters. The van der Waals surface area contributed by atoms with Crippen LogP contribution in [0.4, 0.5) is 0 Å². The highest BCUT2D eigenvalue weighted by Gasteiger charge is 2.12. The molecule has 26 heavy (non-hydrogen) atoms. The Morgan fingerprint density at radius 1 is 1.08 bits per heavy atom. The summed E-state index contributed by atoms with van der Waals surface area (Å²) in [4.78, 5) is 23.4. The second kappa shape index (κ2) is 9.68. The lowest BCUT2D eigenvalue weighted by Gasteiger charge is -2.12. The van der Waals surface area contributed by atoms with Gasteiger partial charge in [-0.25, -0.2) is 4.79 Å². The van der Waals surface area contributed by atoms with Crippen molar-refractivity contribution in [3.63, 3.8) is 0 Å². The summed E-state index contributed by atoms with van der Waals surface area (Å²) in [6, 6.07) is 12.1. The lowest BCUT2D eigenvalue weighted by Crippen LogP contribution is -2.30. The fourth-order valence-electron chi connectivity index (χ4n) is 2.26. The first kappa shape index (κ1) is 19.6. The van der Waals surface area contributed by atoms with Crippen molar-refractivity contribution < 1.29 is 23.8 Å². The van der Waals surface area contributed by atoms with E-state index in [1.165, 1.54) is 20.3 Å². The van der Waals surface area contributed by atoms with Crippen molar-refractivity contribution in [3.05, 3.63) is 58.6 Å². The van der Waals surface area contributed by atoms with Crippen LogP contribution in [0.25, 0.3) is 0 Å². The summed E-state index contributed by atoms with van der Waals surface area (Å²) in [5.41, 5.74) is 1.38. The molecule has 7 heteroatoms. The van der Waals surface area contributed by atoms with E-state index in [1.807, 2.05) is 18.2 Å². The van der Waals surface area contributed by atoms with E-state index in [4.69, 9.17) is 21.1 Å². The fraction of sp³-hybridized carbons (Fsp3) is 0.263. The zero-order valence-electron chi connectivity index (χ0n) is 14.6. The number of carbonyl (C=O) groups excluding carboxylic acids is 2. The maximum atomic E-state index is 11.9. The van der Waals surface area contributed by atoms with Gasteiger partial charge in [-0.05, 0) is 42.3 Å². The monoisotopic (exact) mass is 377 g/mol. The SMILES string of the molecule is COC(=O)c1ccc(OCC(=O)NCCc2cccc(Cl)c2)c(OC)c1. The van der Waals surface area contributed by atoms with Crippen LogP contribution in [-0.2, 0) is 16.0 Å². The standard InChI is InChI=1S/C19H20ClNO5/c1-24-17-11-14(19(23)25-2)6-7-16(17)26-12-18(22)21-9-8-13-4-3-5-15(20)10-13/h3-7,10-11H,8-9,12H2,1-2H3,(H,21,22). The number of rotatable bonds is 8. The molecule has 0 aliphatic rings. The first-order chi connectivity index (χ1) is 12.5. The Labute approximate surface area is 157 Å². The number of amides is 1. The molecule has 0 aliphatic carbocycles. The third kappa shape index (κ3) is 5.67. The first-order valence-corrected chi connectivity index (χ1v) is 8.31. The largest absolute Gasteiger partial charge is 0.493 e. The van der Waals surface area contributed by atoms with Crippen molar-refractivity contribution in [2.24, 2.45) is 0 Å². The Morgan fingerprint density at radius 2 is 1.88 bits per heavy atom. The Kier molecular flexibility index (Phi) is 7.29. The average Bonchev–Trinajstić information content (AvgIpc) is 2.65. The number of halogens is 1. The van der Waals surface area contributed by atoms with Gasteiger partial charge in [0.2, 0.25) is 0 Å². The minimum atomic E-state index is -0.478. The summed E-state index contributed by atoms with van der Waals surface area (Å²) in [6.07, 6.45) is 0.670. The van der Waals surface area contributed by atoms with E-state index in [2.05, 4.69) is 10.1 Å². The molecule has 0 radical (unpaired) electrons. The highest BCUT2D eigenvalue weighted by molar-refractivity contribution is 6.30. The molecule has 0 aromatic heterocycles. The molecule has 0 aliphatic heterocycles. The van der Waals surface area contributed by atoms with E-state index >= 15 is 0 Å². The molecule has 2 aromatic carbocycles. The van der Waals surface area contributed by atoms with Crippen LogP contribution in [0.2, 0.25) is 5.02 Å². The number of esters is 1. The van der Waals surface area contributed by atoms with E-state index in [0.29, 0.717) is 35.1 Å². The van der Waals surface area contributed by atoms with Crippen molar-refractivity contribution in [2.75, 3.05) is 27.4 Å². The summed E-state index contributed by atoms with van der Waals surface area (Å²) in [5, 5.41) is 3.44. The lowest BCUT2D eigenvalue weighted by molar-refractivity contribution is -0.123. The number of hydrogen-bond acceptors (Lipinski definition) is 5. The molecule has 6 nitrogen and oxygen atoms in total. The van der Waals surface area contributed by atoms with E-state index in [9.17, 15) is 9.59 Å². The molecule has 1 amide bonds. The van der Waals surface area contributed by atoms with Gasteiger partial charge in [0.1, 0.15) is 0 Å². The second-order valence-corrected chi connectivity index (χ2v) is 5.81. The highest BCUT2D eigenvalue weighted by atomic mass is 35.5. The van der Waals surface area contributed by atoms with Gasteiger partial charge in [-0.2, -0.15) is 0 Å². The molecule has 2 aromatic rings. The zero-order valence-corrected chi connectivity index (χ0v) is 15.3. The van der Waals surface area contributed by atoms with Gasteiger partial charge >= 0.3 is 5.97 Å². The third-order valence-electron chi connectivity index (χ3n) is 3.57. The van der Waals surface area contributed by atoms with Crippen molar-refractivity contribution in [1.29, 1.82) is 0 Å². The lowest BCUT2D eigenvalue weighted by atomic mass is 10.1. The van der Waals surface area contributed by atoms with Gasteiger partial charge in [-0.3, -0.25) is 4.79 Å². The molecule has 0 bridgehead atoms. The molecule has 0 heterocycles. The molecule has 1 N–H and O–H groups in total. The van der Waals surface area contributed by atoms with Crippen LogP contribution >= 0.6 is 11.6 Å². The van der Waals surface area contributed by atoms with E-state index < -0.39 is 5.97 Å². The minimum Gasteiger partial charge on any atom is -0.493 e. The molecule has 0 saturated carbocycles. The van der Waals surface area contributed by atoms with Gasteiger partial charge in [-0.15, -0.1) is 0 Å². The van der Waals surface area contributed by atoms with Crippen LogP contribution in [0.5, 0.6) is 11.5 Å². The van der Waals surface area contributed by atoms with Crippen molar-refractivity contribution in [1.82, 2.24) is 5.32 Å². The summed E-state index contributed by atoms with van der Waals surface area (Å²) in [5.74, 6) is -0.0236. The second-order valence-electron chi connectivity index (χ2n) is 5.38. The maximum Gasteiger partial charge on any atom is 0.337 e. The van der Waals surface area contributed by atoms with Gasteiger partial charge in [0.25, 0.3) is 5.91 Å². The fourth-order valence-corrected chi connectivity index (χ4v) is 2.48. The van der Waals surface area contributed by atoms with Gasteiger partial charge in [0.05, 0.1) is 19.8 Å². The zero-order chi connectivity index (χ0) is 18.9. The third-order valence-corrected chi connectivity index (χ3v) is 3.80. The number of carbonyl (C=O) groups is 2. The summed E-state index contributed by atoms with van der Waals surface area (Å²) >= 11 is 5.92. The summed E-state index contributed by atoms with van der Waals surface area (Å²) < 4.78 is 15.3. The van der Waals surface area contributed by atoms with Gasteiger partial charge in [0.15, 0.2) is 18.1 Å². The molecule has 0 saturated heterocycles. The smallest absolute Gasteiger partial charge is 0.337 e. The molecule has 138 valence electrons. The van der Waals surface area contributed by atoms with Crippen LogP contribution in [-0.4, -0.2) is 39.2 Å². The van der Waals surface area contributed by atoms with Gasteiger partial charge in [-0.1, -0.05) is 23.7 Å². The normalized spacial score (nSPS) is 10.1. The van der Waals surface area contributed by atoms with E-state index in [0.717, 1.165) is 5.56 Å². The summed E-state index contributed by atoms with van der Waals surface area (Å²) in [7, 11) is 2.75. The Balaban J connectivity index is 1.84. The van der Waals surface area contributed by atoms with E-state index in [1.54, 1.807) is 18.2 Å². The molecule has 0 fully saturated rings. The first-order valence-electron chi connectivity index (χ1n) is 7.93. The Morgan fingerprint density at radius 3 is 2.58 bits per heavy atom. The van der Waals surface area contributed by atoms with Crippen LogP contribution < -0.4 is 14.8 Å². The van der Waals surface area contributed by atoms with Crippen LogP contribution in [0.15, 0.2) is 42.5 Å². The van der Waals surface area contributed by atoms with Crippen LogP contribution in [0, 0.1) is 0 Å². The number of benzene rings is 2. The minimum absolute atomic E-state index is 0.163. The van der Waals surface area contributed by atoms with E-state index in [-0.39, 0.29) is 12.5 Å². The maximum absolute atomic E-state index is 11.9. The molecule has 0 spiro atoms. The predicted molar refractivity (Wildman–Crippen MR) is 98.0 cm³/mol. The van der Waals surface area contributed by atoms with Crippen LogP contribution in [0.3, 0.4) is 0 Å². The molecule has 0 atom stereocenters. The average molecular weight is 378 g/mol. The predicted octanol–water partition coefficient (Wildman–Crippen LogP) is 2.87.